The summed E-state index contributed by atoms with van der Waals surface area (Å²) in [4.78, 5) is 33.4. The van der Waals surface area contributed by atoms with E-state index in [0.717, 1.165) is 27.4 Å². The number of ketones is 1. The van der Waals surface area contributed by atoms with Gasteiger partial charge in [0.15, 0.2) is 5.78 Å². The lowest BCUT2D eigenvalue weighted by molar-refractivity contribution is -0.134. The number of thiophene rings is 1. The number of aryl methyl sites for hydroxylation is 2. The third-order valence-corrected chi connectivity index (χ3v) is 5.51. The summed E-state index contributed by atoms with van der Waals surface area (Å²) in [6.07, 6.45) is 4.06. The molecule has 0 radical (unpaired) electrons. The van der Waals surface area contributed by atoms with Gasteiger partial charge in [0.25, 0.3) is 0 Å². The molecule has 0 bridgehead atoms. The number of Topliss-reactive ketones (excluding diaryl/α,β-unsaturated/α-hetero) is 1. The maximum absolute atomic E-state index is 12.7. The number of pyridine rings is 1. The first-order valence-electron chi connectivity index (χ1n) is 8.56. The molecule has 1 saturated heterocycles. The summed E-state index contributed by atoms with van der Waals surface area (Å²) < 4.78 is 0. The summed E-state index contributed by atoms with van der Waals surface area (Å²) >= 11 is 1.63. The minimum absolute atomic E-state index is 0. The first kappa shape index (κ1) is 20.6. The third-order valence-electron chi connectivity index (χ3n) is 4.54. The smallest absolute Gasteiger partial charge is 0.223 e. The molecule has 1 atom stereocenters. The number of hydrogen-bond acceptors (Lipinski definition) is 5. The van der Waals surface area contributed by atoms with Gasteiger partial charge in [-0.05, 0) is 31.5 Å². The molecule has 0 aromatic carbocycles. The van der Waals surface area contributed by atoms with Gasteiger partial charge >= 0.3 is 0 Å². The molecule has 1 unspecified atom stereocenters. The maximum Gasteiger partial charge on any atom is 0.223 e. The van der Waals surface area contributed by atoms with Crippen LogP contribution in [0.25, 0.3) is 0 Å². The van der Waals surface area contributed by atoms with E-state index in [-0.39, 0.29) is 43.0 Å². The summed E-state index contributed by atoms with van der Waals surface area (Å²) in [6, 6.07) is 5.79. The molecule has 1 N–H and O–H groups in total. The molecule has 1 amide bonds. The number of hydrogen-bond donors (Lipinski definition) is 1. The van der Waals surface area contributed by atoms with Crippen LogP contribution >= 0.6 is 23.7 Å². The Bertz CT molecular complexity index is 763. The van der Waals surface area contributed by atoms with Crippen molar-refractivity contribution in [3.63, 3.8) is 0 Å². The van der Waals surface area contributed by atoms with Crippen LogP contribution < -0.4 is 5.32 Å². The normalized spacial score (nSPS) is 16.8. The zero-order valence-electron chi connectivity index (χ0n) is 15.0. The highest BCUT2D eigenvalue weighted by Crippen LogP contribution is 2.25. The molecule has 0 aliphatic carbocycles. The number of nitrogens with zero attached hydrogens (tertiary/aromatic N) is 2. The van der Waals surface area contributed by atoms with Gasteiger partial charge in [-0.1, -0.05) is 6.07 Å². The average Bonchev–Trinajstić information content (AvgIpc) is 2.98. The van der Waals surface area contributed by atoms with Crippen molar-refractivity contribution >= 4 is 35.4 Å². The fourth-order valence-corrected chi connectivity index (χ4v) is 4.22. The Morgan fingerprint density at radius 2 is 2.15 bits per heavy atom. The second-order valence-electron chi connectivity index (χ2n) is 6.34. The fourth-order valence-electron chi connectivity index (χ4n) is 3.28. The molecule has 0 spiro atoms. The SMILES string of the molecule is Cc1cc(C(=O)CCC(=O)N2CCNCC2c2cccnc2)c(C)s1.Cl. The largest absolute Gasteiger partial charge is 0.333 e. The number of halogens is 1. The van der Waals surface area contributed by atoms with Crippen LogP contribution in [0.1, 0.15) is 44.6 Å². The summed E-state index contributed by atoms with van der Waals surface area (Å²) in [5, 5.41) is 3.33. The van der Waals surface area contributed by atoms with E-state index in [4.69, 9.17) is 0 Å². The van der Waals surface area contributed by atoms with Gasteiger partial charge in [0, 0.05) is 60.2 Å². The van der Waals surface area contributed by atoms with Crippen molar-refractivity contribution in [1.29, 1.82) is 0 Å². The molecule has 1 aliphatic heterocycles. The molecule has 140 valence electrons. The average molecular weight is 394 g/mol. The van der Waals surface area contributed by atoms with Crippen LogP contribution in [0, 0.1) is 13.8 Å². The van der Waals surface area contributed by atoms with Crippen molar-refractivity contribution < 1.29 is 9.59 Å². The molecule has 2 aromatic rings. The van der Waals surface area contributed by atoms with Gasteiger partial charge in [0.2, 0.25) is 5.91 Å². The first-order valence-corrected chi connectivity index (χ1v) is 9.38. The molecule has 1 fully saturated rings. The van der Waals surface area contributed by atoms with Crippen molar-refractivity contribution in [2.75, 3.05) is 19.6 Å². The molecular weight excluding hydrogens is 370 g/mol. The zero-order chi connectivity index (χ0) is 17.8. The Morgan fingerprint density at radius 3 is 2.81 bits per heavy atom. The third kappa shape index (κ3) is 4.69. The van der Waals surface area contributed by atoms with Crippen molar-refractivity contribution in [2.45, 2.75) is 32.7 Å². The topological polar surface area (TPSA) is 62.3 Å². The minimum atomic E-state index is -0.0184. The minimum Gasteiger partial charge on any atom is -0.333 e. The Kier molecular flexibility index (Phi) is 7.32. The standard InChI is InChI=1S/C19H23N3O2S.ClH/c1-13-10-16(14(2)25-13)18(23)5-6-19(24)22-9-8-21-12-17(22)15-4-3-7-20-11-15;/h3-4,7,10-11,17,21H,5-6,8-9,12H2,1-2H3;1H. The van der Waals surface area contributed by atoms with E-state index in [9.17, 15) is 9.59 Å². The molecule has 1 aliphatic rings. The van der Waals surface area contributed by atoms with Crippen LogP contribution in [0.15, 0.2) is 30.6 Å². The summed E-state index contributed by atoms with van der Waals surface area (Å²) in [7, 11) is 0. The van der Waals surface area contributed by atoms with E-state index in [2.05, 4.69) is 10.3 Å². The summed E-state index contributed by atoms with van der Waals surface area (Å²) in [5.74, 6) is 0.0940. The van der Waals surface area contributed by atoms with E-state index >= 15 is 0 Å². The van der Waals surface area contributed by atoms with Crippen molar-refractivity contribution in [1.82, 2.24) is 15.2 Å². The van der Waals surface area contributed by atoms with Crippen LogP contribution in [0.2, 0.25) is 0 Å². The van der Waals surface area contributed by atoms with Gasteiger partial charge in [0.1, 0.15) is 0 Å². The lowest BCUT2D eigenvalue weighted by atomic mass is 10.0. The zero-order valence-corrected chi connectivity index (χ0v) is 16.7. The molecule has 5 nitrogen and oxygen atoms in total. The molecule has 3 rings (SSSR count). The number of amides is 1. The monoisotopic (exact) mass is 393 g/mol. The maximum atomic E-state index is 12.7. The second-order valence-corrected chi connectivity index (χ2v) is 7.80. The lowest BCUT2D eigenvalue weighted by Crippen LogP contribution is -2.48. The van der Waals surface area contributed by atoms with Gasteiger partial charge in [-0.15, -0.1) is 23.7 Å². The highest BCUT2D eigenvalue weighted by atomic mass is 35.5. The molecule has 26 heavy (non-hydrogen) atoms. The van der Waals surface area contributed by atoms with Crippen molar-refractivity contribution in [2.24, 2.45) is 0 Å². The quantitative estimate of drug-likeness (QED) is 0.791. The number of rotatable bonds is 5. The molecule has 7 heteroatoms. The summed E-state index contributed by atoms with van der Waals surface area (Å²) in [6.45, 7) is 6.11. The molecule has 2 aromatic heterocycles. The van der Waals surface area contributed by atoms with E-state index < -0.39 is 0 Å². The van der Waals surface area contributed by atoms with E-state index in [1.54, 1.807) is 23.7 Å². The van der Waals surface area contributed by atoms with Gasteiger partial charge in [-0.2, -0.15) is 0 Å². The number of piperazine rings is 1. The first-order chi connectivity index (χ1) is 12.1. The van der Waals surface area contributed by atoms with Crippen LogP contribution in [0.4, 0.5) is 0 Å². The van der Waals surface area contributed by atoms with Crippen molar-refractivity contribution in [3.8, 4) is 0 Å². The van der Waals surface area contributed by atoms with E-state index in [0.29, 0.717) is 13.1 Å². The second kappa shape index (κ2) is 9.26. The molecular formula is C19H24ClN3O2S. The van der Waals surface area contributed by atoms with Crippen LogP contribution in [0.3, 0.4) is 0 Å². The Labute approximate surface area is 164 Å². The van der Waals surface area contributed by atoms with E-state index in [1.165, 1.54) is 0 Å². The molecule has 0 saturated carbocycles. The summed E-state index contributed by atoms with van der Waals surface area (Å²) in [5.41, 5.74) is 1.79. The van der Waals surface area contributed by atoms with Crippen molar-refractivity contribution in [3.05, 3.63) is 51.5 Å². The molecule has 3 heterocycles. The number of nitrogens with one attached hydrogen (secondary N) is 1. The Balaban J connectivity index is 0.00000243. The van der Waals surface area contributed by atoms with E-state index in [1.807, 2.05) is 36.9 Å². The Morgan fingerprint density at radius 1 is 1.35 bits per heavy atom. The predicted molar refractivity (Wildman–Crippen MR) is 106 cm³/mol. The number of aromatic nitrogens is 1. The van der Waals surface area contributed by atoms with Crippen LogP contribution in [-0.2, 0) is 4.79 Å². The fraction of sp³-hybridized carbons (Fsp3) is 0.421. The van der Waals surface area contributed by atoms with Gasteiger partial charge < -0.3 is 10.2 Å². The van der Waals surface area contributed by atoms with Crippen LogP contribution in [0.5, 0.6) is 0 Å². The highest BCUT2D eigenvalue weighted by molar-refractivity contribution is 7.12. The number of carbonyl (C=O) groups excluding carboxylic acids is 2. The number of carbonyl (C=O) groups is 2. The van der Waals surface area contributed by atoms with Gasteiger partial charge in [-0.3, -0.25) is 14.6 Å². The lowest BCUT2D eigenvalue weighted by Gasteiger charge is -2.36. The van der Waals surface area contributed by atoms with Gasteiger partial charge in [0.05, 0.1) is 6.04 Å². The predicted octanol–water partition coefficient (Wildman–Crippen LogP) is 3.32. The van der Waals surface area contributed by atoms with Crippen LogP contribution in [-0.4, -0.2) is 41.2 Å². The Hall–Kier alpha value is -1.76. The van der Waals surface area contributed by atoms with Gasteiger partial charge in [-0.25, -0.2) is 0 Å². The highest BCUT2D eigenvalue weighted by Gasteiger charge is 2.28.